The van der Waals surface area contributed by atoms with Crippen molar-refractivity contribution in [3.8, 4) is 0 Å². The van der Waals surface area contributed by atoms with E-state index in [4.69, 9.17) is 5.73 Å². The predicted molar refractivity (Wildman–Crippen MR) is 56.9 cm³/mol. The van der Waals surface area contributed by atoms with Gasteiger partial charge in [0.2, 0.25) is 5.91 Å². The fraction of sp³-hybridized carbons (Fsp3) is 0.900. The van der Waals surface area contributed by atoms with Crippen LogP contribution in [0.25, 0.3) is 0 Å². The van der Waals surface area contributed by atoms with Crippen molar-refractivity contribution in [2.45, 2.75) is 45.3 Å². The molecular weight excluding hydrogens is 178 g/mol. The topological polar surface area (TPSA) is 58.4 Å². The molecule has 0 aromatic rings. The van der Waals surface area contributed by atoms with E-state index in [1.54, 1.807) is 0 Å². The van der Waals surface area contributed by atoms with Crippen LogP contribution in [0.1, 0.15) is 27.2 Å². The van der Waals surface area contributed by atoms with Crippen LogP contribution in [-0.2, 0) is 4.79 Å². The van der Waals surface area contributed by atoms with Gasteiger partial charge in [0.25, 0.3) is 0 Å². The van der Waals surface area contributed by atoms with Gasteiger partial charge in [-0.05, 0) is 20.8 Å². The zero-order valence-corrected chi connectivity index (χ0v) is 9.29. The summed E-state index contributed by atoms with van der Waals surface area (Å²) in [6, 6.07) is 0.520. The molecule has 1 rings (SSSR count). The molecule has 0 radical (unpaired) electrons. The van der Waals surface area contributed by atoms with Crippen LogP contribution in [0.2, 0.25) is 0 Å². The molecule has 0 aromatic carbocycles. The Morgan fingerprint density at radius 3 is 2.43 bits per heavy atom. The molecule has 1 heterocycles. The average molecular weight is 199 g/mol. The molecule has 3 N–H and O–H groups in total. The van der Waals surface area contributed by atoms with Gasteiger partial charge in [0.05, 0.1) is 0 Å². The first kappa shape index (κ1) is 11.5. The maximum Gasteiger partial charge on any atom is 0.224 e. The number of hydrogen-bond donors (Lipinski definition) is 2. The lowest BCUT2D eigenvalue weighted by Crippen LogP contribution is -2.57. The van der Waals surface area contributed by atoms with Crippen LogP contribution < -0.4 is 11.1 Å². The molecule has 0 saturated carbocycles. The molecule has 0 aliphatic carbocycles. The van der Waals surface area contributed by atoms with Crippen molar-refractivity contribution >= 4 is 5.91 Å². The number of hydrogen-bond acceptors (Lipinski definition) is 3. The van der Waals surface area contributed by atoms with Crippen molar-refractivity contribution in [3.05, 3.63) is 0 Å². The van der Waals surface area contributed by atoms with Crippen LogP contribution in [0.4, 0.5) is 0 Å². The van der Waals surface area contributed by atoms with Crippen LogP contribution in [0.15, 0.2) is 0 Å². The first-order valence-electron chi connectivity index (χ1n) is 5.29. The smallest absolute Gasteiger partial charge is 0.224 e. The van der Waals surface area contributed by atoms with E-state index in [2.05, 4.69) is 19.2 Å². The van der Waals surface area contributed by atoms with Crippen molar-refractivity contribution in [3.63, 3.8) is 0 Å². The summed E-state index contributed by atoms with van der Waals surface area (Å²) in [7, 11) is 0. The molecular formula is C10H21N3O. The number of rotatable bonds is 2. The van der Waals surface area contributed by atoms with E-state index >= 15 is 0 Å². The second-order valence-electron chi connectivity index (χ2n) is 4.34. The minimum Gasteiger partial charge on any atom is -0.335 e. The number of piperazine rings is 1. The van der Waals surface area contributed by atoms with E-state index in [-0.39, 0.29) is 24.0 Å². The van der Waals surface area contributed by atoms with Gasteiger partial charge in [0.15, 0.2) is 0 Å². The van der Waals surface area contributed by atoms with Gasteiger partial charge < -0.3 is 16.0 Å². The number of nitrogens with two attached hydrogens (primary N) is 1. The van der Waals surface area contributed by atoms with E-state index in [1.165, 1.54) is 0 Å². The number of nitrogens with zero attached hydrogens (tertiary/aromatic N) is 1. The van der Waals surface area contributed by atoms with E-state index in [0.717, 1.165) is 13.1 Å². The standard InChI is InChI=1S/C10H21N3O/c1-7(11)4-10(14)13-8(2)5-12-6-9(13)3/h7-9,12H,4-6,11H2,1-3H3. The van der Waals surface area contributed by atoms with Crippen LogP contribution in [0.3, 0.4) is 0 Å². The van der Waals surface area contributed by atoms with Crippen molar-refractivity contribution in [2.24, 2.45) is 5.73 Å². The summed E-state index contributed by atoms with van der Waals surface area (Å²) >= 11 is 0. The van der Waals surface area contributed by atoms with Gasteiger partial charge in [-0.25, -0.2) is 0 Å². The van der Waals surface area contributed by atoms with Crippen LogP contribution in [0, 0.1) is 0 Å². The fourth-order valence-corrected chi connectivity index (χ4v) is 2.00. The summed E-state index contributed by atoms with van der Waals surface area (Å²) in [5.74, 6) is 0.182. The van der Waals surface area contributed by atoms with Crippen molar-refractivity contribution in [1.29, 1.82) is 0 Å². The zero-order valence-electron chi connectivity index (χ0n) is 9.29. The normalized spacial score (nSPS) is 30.1. The third-order valence-corrected chi connectivity index (χ3v) is 2.61. The highest BCUT2D eigenvalue weighted by molar-refractivity contribution is 5.77. The summed E-state index contributed by atoms with van der Waals surface area (Å²) in [6.45, 7) is 7.78. The maximum absolute atomic E-state index is 11.8. The Morgan fingerprint density at radius 1 is 1.50 bits per heavy atom. The van der Waals surface area contributed by atoms with Crippen LogP contribution in [0.5, 0.6) is 0 Å². The molecule has 1 aliphatic heterocycles. The largest absolute Gasteiger partial charge is 0.335 e. The van der Waals surface area contributed by atoms with E-state index in [0.29, 0.717) is 6.42 Å². The summed E-state index contributed by atoms with van der Waals surface area (Å²) in [5.41, 5.74) is 5.63. The Labute approximate surface area is 85.8 Å². The first-order chi connectivity index (χ1) is 6.52. The Kier molecular flexibility index (Phi) is 3.89. The van der Waals surface area contributed by atoms with Gasteiger partial charge in [-0.3, -0.25) is 4.79 Å². The maximum atomic E-state index is 11.8. The predicted octanol–water partition coefficient (Wildman–Crippen LogP) is -0.0675. The van der Waals surface area contributed by atoms with Crippen LogP contribution in [-0.4, -0.2) is 42.0 Å². The molecule has 4 nitrogen and oxygen atoms in total. The Morgan fingerprint density at radius 2 is 2.00 bits per heavy atom. The first-order valence-corrected chi connectivity index (χ1v) is 5.29. The number of carbonyl (C=O) groups is 1. The van der Waals surface area contributed by atoms with E-state index < -0.39 is 0 Å². The van der Waals surface area contributed by atoms with E-state index in [1.807, 2.05) is 11.8 Å². The van der Waals surface area contributed by atoms with Crippen LogP contribution >= 0.6 is 0 Å². The number of amides is 1. The molecule has 0 bridgehead atoms. The molecule has 1 fully saturated rings. The fourth-order valence-electron chi connectivity index (χ4n) is 2.00. The highest BCUT2D eigenvalue weighted by Crippen LogP contribution is 2.11. The zero-order chi connectivity index (χ0) is 10.7. The van der Waals surface area contributed by atoms with Crippen molar-refractivity contribution in [1.82, 2.24) is 10.2 Å². The van der Waals surface area contributed by atoms with Crippen molar-refractivity contribution in [2.75, 3.05) is 13.1 Å². The molecule has 3 atom stereocenters. The minimum absolute atomic E-state index is 0.0446. The Balaban J connectivity index is 2.58. The molecule has 0 aromatic heterocycles. The van der Waals surface area contributed by atoms with Gasteiger partial charge in [0.1, 0.15) is 0 Å². The average Bonchev–Trinajstić information content (AvgIpc) is 2.01. The molecule has 3 unspecified atom stereocenters. The monoisotopic (exact) mass is 199 g/mol. The minimum atomic E-state index is -0.0446. The Hall–Kier alpha value is -0.610. The third kappa shape index (κ3) is 2.69. The highest BCUT2D eigenvalue weighted by atomic mass is 16.2. The summed E-state index contributed by atoms with van der Waals surface area (Å²) in [4.78, 5) is 13.8. The number of nitrogens with one attached hydrogen (secondary N) is 1. The van der Waals surface area contributed by atoms with Gasteiger partial charge >= 0.3 is 0 Å². The molecule has 4 heteroatoms. The molecule has 0 spiro atoms. The van der Waals surface area contributed by atoms with Gasteiger partial charge in [0, 0.05) is 37.6 Å². The van der Waals surface area contributed by atoms with Gasteiger partial charge in [-0.2, -0.15) is 0 Å². The van der Waals surface area contributed by atoms with E-state index in [9.17, 15) is 4.79 Å². The molecule has 1 saturated heterocycles. The summed E-state index contributed by atoms with van der Waals surface area (Å²) < 4.78 is 0. The summed E-state index contributed by atoms with van der Waals surface area (Å²) in [6.07, 6.45) is 0.453. The highest BCUT2D eigenvalue weighted by Gasteiger charge is 2.28. The number of carbonyl (C=O) groups excluding carboxylic acids is 1. The lowest BCUT2D eigenvalue weighted by atomic mass is 10.1. The molecule has 82 valence electrons. The van der Waals surface area contributed by atoms with Gasteiger partial charge in [-0.15, -0.1) is 0 Å². The summed E-state index contributed by atoms with van der Waals surface area (Å²) in [5, 5.41) is 3.30. The third-order valence-electron chi connectivity index (χ3n) is 2.61. The molecule has 1 amide bonds. The van der Waals surface area contributed by atoms with Gasteiger partial charge in [-0.1, -0.05) is 0 Å². The Bertz CT molecular complexity index is 196. The second-order valence-corrected chi connectivity index (χ2v) is 4.34. The molecule has 1 aliphatic rings. The van der Waals surface area contributed by atoms with Crippen molar-refractivity contribution < 1.29 is 4.79 Å². The quantitative estimate of drug-likeness (QED) is 0.654. The SMILES string of the molecule is CC(N)CC(=O)N1C(C)CNCC1C. The second kappa shape index (κ2) is 4.75. The lowest BCUT2D eigenvalue weighted by molar-refractivity contribution is -0.136. The molecule has 14 heavy (non-hydrogen) atoms. The lowest BCUT2D eigenvalue weighted by Gasteiger charge is -2.39.